The Morgan fingerprint density at radius 3 is 2.66 bits per heavy atom. The number of ether oxygens (including phenoxy) is 3. The lowest BCUT2D eigenvalue weighted by Crippen LogP contribution is -2.61. The normalized spacial score (nSPS) is 22.0. The van der Waals surface area contributed by atoms with E-state index in [2.05, 4.69) is 60.1 Å². The van der Waals surface area contributed by atoms with Crippen molar-refractivity contribution in [3.63, 3.8) is 0 Å². The van der Waals surface area contributed by atoms with Gasteiger partial charge in [-0.25, -0.2) is 10.4 Å². The van der Waals surface area contributed by atoms with Crippen LogP contribution in [0.5, 0.6) is 0 Å². The third-order valence-corrected chi connectivity index (χ3v) is 11.4. The molecule has 58 heavy (non-hydrogen) atoms. The molecule has 4 atom stereocenters. The molecule has 2 saturated heterocycles. The van der Waals surface area contributed by atoms with Crippen molar-refractivity contribution in [2.75, 3.05) is 40.0 Å². The Bertz CT molecular complexity index is 2040. The molecule has 1 aromatic carbocycles. The standard InChI is InChI=1S/C44H61N7O7/c1-10-31(38(46-11-2)27(6)55-9)39-33-20-44(7,8)25-58-43(54)35-14-13-17-51(49-35)42(53)36(48-40(52)34(26(4)5)24-56-30-21-45-22-30)19-29-23-57-41(47-29)28-15-16-37(32(33)18-28)50(39)12-3/h10-11,15-16,18,23,26-27,30,34-36,45,49H,1,12-14,17,19-22,24-25H2,2-9H3,(H,48,52)/b38-31+,46-11-/t27-,34-,35-,36-/m0/s1. The van der Waals surface area contributed by atoms with E-state index in [0.717, 1.165) is 52.1 Å². The van der Waals surface area contributed by atoms with Gasteiger partial charge in [-0.3, -0.25) is 24.4 Å². The molecule has 0 aliphatic carbocycles. The molecule has 0 spiro atoms. The molecule has 5 heterocycles. The third kappa shape index (κ3) is 9.30. The maximum Gasteiger partial charge on any atom is 0.324 e. The fourth-order valence-corrected chi connectivity index (χ4v) is 7.95. The molecule has 314 valence electrons. The monoisotopic (exact) mass is 799 g/mol. The minimum Gasteiger partial charge on any atom is -0.464 e. The molecule has 0 radical (unpaired) electrons. The van der Waals surface area contributed by atoms with Crippen LogP contribution in [0.4, 0.5) is 0 Å². The lowest BCUT2D eigenvalue weighted by Gasteiger charge is -2.36. The van der Waals surface area contributed by atoms with Crippen molar-refractivity contribution in [2.45, 2.75) is 105 Å². The summed E-state index contributed by atoms with van der Waals surface area (Å²) in [6.07, 6.45) is 6.60. The Kier molecular flexibility index (Phi) is 13.7. The number of hydrazine groups is 1. The first-order valence-electron chi connectivity index (χ1n) is 20.6. The van der Waals surface area contributed by atoms with Gasteiger partial charge in [-0.15, -0.1) is 0 Å². The largest absolute Gasteiger partial charge is 0.464 e. The number of cyclic esters (lactones) is 1. The highest BCUT2D eigenvalue weighted by Gasteiger charge is 2.37. The van der Waals surface area contributed by atoms with Crippen LogP contribution in [0.2, 0.25) is 0 Å². The molecule has 3 aliphatic rings. The van der Waals surface area contributed by atoms with Crippen LogP contribution < -0.4 is 16.1 Å². The Morgan fingerprint density at radius 2 is 2.00 bits per heavy atom. The van der Waals surface area contributed by atoms with Crippen molar-refractivity contribution in [2.24, 2.45) is 22.2 Å². The SMILES string of the molecule is C=C/C(=C(\N=C/C)[C@H](C)OC)c1c2c3cc(ccc3n1CC)-c1nc(co1)C[C@H](NC(=O)[C@@H](COC1CNC1)C(C)C)C(=O)N1CCC[C@H](N1)C(=O)OCC(C)(C)C2. The Hall–Kier alpha value is -4.63. The van der Waals surface area contributed by atoms with Crippen molar-refractivity contribution in [3.05, 3.63) is 59.8 Å². The molecule has 2 amide bonds. The van der Waals surface area contributed by atoms with Gasteiger partial charge >= 0.3 is 5.97 Å². The summed E-state index contributed by atoms with van der Waals surface area (Å²) in [4.78, 5) is 51.7. The van der Waals surface area contributed by atoms with Crippen LogP contribution in [0, 0.1) is 17.3 Å². The summed E-state index contributed by atoms with van der Waals surface area (Å²) in [7, 11) is 1.67. The van der Waals surface area contributed by atoms with E-state index in [4.69, 9.17) is 28.6 Å². The number of nitrogens with one attached hydrogen (secondary N) is 3. The zero-order valence-corrected chi connectivity index (χ0v) is 35.4. The summed E-state index contributed by atoms with van der Waals surface area (Å²) in [5.74, 6) is -1.21. The first-order chi connectivity index (χ1) is 27.8. The number of benzene rings is 1. The van der Waals surface area contributed by atoms with Crippen LogP contribution in [-0.2, 0) is 48.0 Å². The van der Waals surface area contributed by atoms with Gasteiger partial charge in [-0.2, -0.15) is 0 Å². The number of allylic oxidation sites excluding steroid dienone is 2. The average molecular weight is 800 g/mol. The number of carbonyl (C=O) groups excluding carboxylic acids is 3. The van der Waals surface area contributed by atoms with Crippen LogP contribution in [0.25, 0.3) is 27.9 Å². The molecule has 2 aromatic heterocycles. The number of rotatable bonds is 12. The second-order valence-corrected chi connectivity index (χ2v) is 16.7. The molecule has 14 nitrogen and oxygen atoms in total. The number of aryl methyl sites for hydroxylation is 1. The van der Waals surface area contributed by atoms with E-state index in [0.29, 0.717) is 43.9 Å². The average Bonchev–Trinajstić information content (AvgIpc) is 3.78. The van der Waals surface area contributed by atoms with Crippen molar-refractivity contribution in [1.82, 2.24) is 30.6 Å². The quantitative estimate of drug-likeness (QED) is 0.126. The predicted molar refractivity (Wildman–Crippen MR) is 224 cm³/mol. The maximum absolute atomic E-state index is 14.3. The molecular weight excluding hydrogens is 739 g/mol. The third-order valence-electron chi connectivity index (χ3n) is 11.4. The highest BCUT2D eigenvalue weighted by molar-refractivity contribution is 5.95. The number of esters is 1. The van der Waals surface area contributed by atoms with E-state index >= 15 is 0 Å². The second-order valence-electron chi connectivity index (χ2n) is 16.7. The molecule has 2 fully saturated rings. The van der Waals surface area contributed by atoms with Gasteiger partial charge in [0.1, 0.15) is 18.3 Å². The molecular formula is C44H61N7O7. The molecule has 3 aromatic rings. The topological polar surface area (TPSA) is 162 Å². The highest BCUT2D eigenvalue weighted by atomic mass is 16.5. The number of methoxy groups -OCH3 is 1. The van der Waals surface area contributed by atoms with Gasteiger partial charge in [-0.1, -0.05) is 40.3 Å². The van der Waals surface area contributed by atoms with Crippen molar-refractivity contribution >= 4 is 40.5 Å². The summed E-state index contributed by atoms with van der Waals surface area (Å²) in [5.41, 5.74) is 8.49. The smallest absolute Gasteiger partial charge is 0.324 e. The molecule has 3 aliphatic heterocycles. The summed E-state index contributed by atoms with van der Waals surface area (Å²) in [6.45, 7) is 21.2. The summed E-state index contributed by atoms with van der Waals surface area (Å²) < 4.78 is 26.3. The fraction of sp³-hybridized carbons (Fsp3) is 0.568. The van der Waals surface area contributed by atoms with Gasteiger partial charge in [0.05, 0.1) is 48.4 Å². The van der Waals surface area contributed by atoms with Crippen LogP contribution in [-0.4, -0.2) is 103 Å². The minimum atomic E-state index is -0.994. The van der Waals surface area contributed by atoms with Crippen molar-refractivity contribution in [3.8, 4) is 11.5 Å². The minimum absolute atomic E-state index is 0.0344. The highest BCUT2D eigenvalue weighted by Crippen LogP contribution is 2.40. The molecule has 6 rings (SSSR count). The number of aliphatic imine (C=N–C) groups is 1. The summed E-state index contributed by atoms with van der Waals surface area (Å²) >= 11 is 0. The predicted octanol–water partition coefficient (Wildman–Crippen LogP) is 5.25. The van der Waals surface area contributed by atoms with E-state index in [1.165, 1.54) is 5.01 Å². The molecule has 14 heteroatoms. The number of aromatic nitrogens is 2. The number of hydrogen-bond acceptors (Lipinski definition) is 11. The Morgan fingerprint density at radius 1 is 1.22 bits per heavy atom. The fourth-order valence-electron chi connectivity index (χ4n) is 7.95. The Balaban J connectivity index is 1.45. The molecule has 6 bridgehead atoms. The van der Waals surface area contributed by atoms with Gasteiger partial charge in [-0.05, 0) is 69.7 Å². The second kappa shape index (κ2) is 18.5. The Labute approximate surface area is 341 Å². The number of carbonyl (C=O) groups is 3. The number of hydrogen-bond donors (Lipinski definition) is 3. The molecule has 0 saturated carbocycles. The zero-order chi connectivity index (χ0) is 41.7. The van der Waals surface area contributed by atoms with E-state index in [-0.39, 0.29) is 49.6 Å². The summed E-state index contributed by atoms with van der Waals surface area (Å²) in [5, 5.41) is 8.65. The van der Waals surface area contributed by atoms with Crippen molar-refractivity contribution in [1.29, 1.82) is 0 Å². The van der Waals surface area contributed by atoms with Gasteiger partial charge in [0.2, 0.25) is 11.8 Å². The summed E-state index contributed by atoms with van der Waals surface area (Å²) in [6, 6.07) is 4.40. The van der Waals surface area contributed by atoms with Crippen LogP contribution in [0.15, 0.2) is 52.2 Å². The number of amides is 2. The first kappa shape index (κ1) is 43.0. The molecule has 3 N–H and O–H groups in total. The lowest BCUT2D eigenvalue weighted by molar-refractivity contribution is -0.155. The van der Waals surface area contributed by atoms with E-state index in [1.54, 1.807) is 19.6 Å². The number of oxazole rings is 1. The van der Waals surface area contributed by atoms with Gasteiger partial charge in [0.15, 0.2) is 0 Å². The number of nitrogens with zero attached hydrogens (tertiary/aromatic N) is 4. The van der Waals surface area contributed by atoms with Gasteiger partial charge in [0.25, 0.3) is 5.91 Å². The van der Waals surface area contributed by atoms with Crippen molar-refractivity contribution < 1.29 is 33.0 Å². The van der Waals surface area contributed by atoms with Gasteiger partial charge in [0, 0.05) is 73.4 Å². The maximum atomic E-state index is 14.3. The first-order valence-corrected chi connectivity index (χ1v) is 20.6. The van der Waals surface area contributed by atoms with E-state index in [9.17, 15) is 14.4 Å². The van der Waals surface area contributed by atoms with E-state index in [1.807, 2.05) is 39.8 Å². The number of fused-ring (bicyclic) bond motifs is 6. The van der Waals surface area contributed by atoms with Gasteiger partial charge < -0.3 is 33.8 Å². The molecule has 0 unspecified atom stereocenters. The van der Waals surface area contributed by atoms with Crippen LogP contribution >= 0.6 is 0 Å². The van der Waals surface area contributed by atoms with Crippen LogP contribution in [0.1, 0.15) is 78.3 Å². The van der Waals surface area contributed by atoms with E-state index < -0.39 is 29.4 Å². The zero-order valence-electron chi connectivity index (χ0n) is 35.4. The van der Waals surface area contributed by atoms with Crippen LogP contribution in [0.3, 0.4) is 0 Å². The lowest BCUT2D eigenvalue weighted by atomic mass is 9.84.